The molecule has 0 amide bonds. The van der Waals surface area contributed by atoms with Crippen molar-refractivity contribution >= 4 is 5.78 Å². The zero-order valence-corrected chi connectivity index (χ0v) is 10.7. The molecular weight excluding hydrogens is 217 g/mol. The summed E-state index contributed by atoms with van der Waals surface area (Å²) < 4.78 is 13.0. The van der Waals surface area contributed by atoms with E-state index in [4.69, 9.17) is 5.73 Å². The highest BCUT2D eigenvalue weighted by Gasteiger charge is 2.34. The highest BCUT2D eigenvalue weighted by Crippen LogP contribution is 2.31. The number of nitrogens with two attached hydrogens (primary N) is 1. The fraction of sp³-hybridized carbons (Fsp3) is 0.500. The lowest BCUT2D eigenvalue weighted by Crippen LogP contribution is -2.38. The average molecular weight is 237 g/mol. The van der Waals surface area contributed by atoms with E-state index in [9.17, 15) is 9.18 Å². The van der Waals surface area contributed by atoms with E-state index in [-0.39, 0.29) is 11.6 Å². The minimum atomic E-state index is -0.511. The van der Waals surface area contributed by atoms with Crippen LogP contribution < -0.4 is 5.73 Å². The molecule has 17 heavy (non-hydrogen) atoms. The van der Waals surface area contributed by atoms with Gasteiger partial charge in [-0.3, -0.25) is 4.79 Å². The number of benzene rings is 1. The molecule has 0 saturated heterocycles. The third-order valence-electron chi connectivity index (χ3n) is 3.66. The summed E-state index contributed by atoms with van der Waals surface area (Å²) in [5.74, 6) is -0.284. The summed E-state index contributed by atoms with van der Waals surface area (Å²) in [4.78, 5) is 12.5. The SMILES string of the molecule is CCC(CC)(CN)C(=O)c1ccc(F)cc1C. The van der Waals surface area contributed by atoms with Crippen molar-refractivity contribution in [1.29, 1.82) is 0 Å². The molecule has 2 N–H and O–H groups in total. The van der Waals surface area contributed by atoms with Crippen molar-refractivity contribution in [3.8, 4) is 0 Å². The van der Waals surface area contributed by atoms with Gasteiger partial charge in [-0.1, -0.05) is 13.8 Å². The van der Waals surface area contributed by atoms with E-state index in [2.05, 4.69) is 0 Å². The molecule has 94 valence electrons. The molecule has 1 rings (SSSR count). The van der Waals surface area contributed by atoms with Gasteiger partial charge in [0.05, 0.1) is 0 Å². The van der Waals surface area contributed by atoms with Crippen LogP contribution in [0.5, 0.6) is 0 Å². The molecule has 0 atom stereocenters. The van der Waals surface area contributed by atoms with Crippen LogP contribution in [0, 0.1) is 18.2 Å². The fourth-order valence-electron chi connectivity index (χ4n) is 2.12. The first kappa shape index (κ1) is 13.8. The summed E-state index contributed by atoms with van der Waals surface area (Å²) in [7, 11) is 0. The van der Waals surface area contributed by atoms with E-state index >= 15 is 0 Å². The molecule has 0 aliphatic heterocycles. The first-order valence-corrected chi connectivity index (χ1v) is 6.01. The standard InChI is InChI=1S/C14H20FNO/c1-4-14(5-2,9-16)13(17)12-7-6-11(15)8-10(12)3/h6-8H,4-5,9,16H2,1-3H3. The normalized spacial score (nSPS) is 11.6. The lowest BCUT2D eigenvalue weighted by molar-refractivity contribution is 0.0786. The van der Waals surface area contributed by atoms with Gasteiger partial charge in [-0.25, -0.2) is 4.39 Å². The van der Waals surface area contributed by atoms with E-state index in [1.807, 2.05) is 13.8 Å². The molecule has 0 aromatic heterocycles. The minimum absolute atomic E-state index is 0.0301. The zero-order chi connectivity index (χ0) is 13.1. The number of carbonyl (C=O) groups is 1. The van der Waals surface area contributed by atoms with Crippen LogP contribution in [0.25, 0.3) is 0 Å². The quantitative estimate of drug-likeness (QED) is 0.800. The lowest BCUT2D eigenvalue weighted by Gasteiger charge is -2.29. The first-order chi connectivity index (χ1) is 8.00. The monoisotopic (exact) mass is 237 g/mol. The topological polar surface area (TPSA) is 43.1 Å². The van der Waals surface area contributed by atoms with Crippen LogP contribution in [0.3, 0.4) is 0 Å². The van der Waals surface area contributed by atoms with Crippen LogP contribution >= 0.6 is 0 Å². The predicted molar refractivity (Wildman–Crippen MR) is 67.5 cm³/mol. The van der Waals surface area contributed by atoms with Gasteiger partial charge in [-0.05, 0) is 43.5 Å². The lowest BCUT2D eigenvalue weighted by atomic mass is 9.75. The Morgan fingerprint density at radius 1 is 1.35 bits per heavy atom. The molecule has 0 spiro atoms. The smallest absolute Gasteiger partial charge is 0.170 e. The highest BCUT2D eigenvalue weighted by molar-refractivity contribution is 6.01. The van der Waals surface area contributed by atoms with E-state index in [0.717, 1.165) is 0 Å². The second-order valence-corrected chi connectivity index (χ2v) is 4.48. The van der Waals surface area contributed by atoms with Crippen molar-refractivity contribution in [2.24, 2.45) is 11.1 Å². The minimum Gasteiger partial charge on any atom is -0.329 e. The van der Waals surface area contributed by atoms with Crippen molar-refractivity contribution in [3.63, 3.8) is 0 Å². The Morgan fingerprint density at radius 3 is 2.35 bits per heavy atom. The predicted octanol–water partition coefficient (Wildman–Crippen LogP) is 3.08. The van der Waals surface area contributed by atoms with Gasteiger partial charge in [-0.2, -0.15) is 0 Å². The molecule has 0 radical (unpaired) electrons. The van der Waals surface area contributed by atoms with Gasteiger partial charge >= 0.3 is 0 Å². The molecule has 1 aromatic carbocycles. The Balaban J connectivity index is 3.19. The number of hydrogen-bond acceptors (Lipinski definition) is 2. The summed E-state index contributed by atoms with van der Waals surface area (Å²) in [5, 5.41) is 0. The second kappa shape index (κ2) is 5.41. The molecule has 0 aliphatic carbocycles. The van der Waals surface area contributed by atoms with Crippen molar-refractivity contribution < 1.29 is 9.18 Å². The Morgan fingerprint density at radius 2 is 1.94 bits per heavy atom. The largest absolute Gasteiger partial charge is 0.329 e. The molecule has 0 heterocycles. The van der Waals surface area contributed by atoms with Crippen LogP contribution in [-0.2, 0) is 0 Å². The van der Waals surface area contributed by atoms with Gasteiger partial charge in [0.1, 0.15) is 5.82 Å². The van der Waals surface area contributed by atoms with Gasteiger partial charge in [0.25, 0.3) is 0 Å². The maximum absolute atomic E-state index is 13.0. The number of aryl methyl sites for hydroxylation is 1. The van der Waals surface area contributed by atoms with E-state index in [1.54, 1.807) is 13.0 Å². The molecule has 0 aliphatic rings. The van der Waals surface area contributed by atoms with Crippen molar-refractivity contribution in [2.45, 2.75) is 33.6 Å². The summed E-state index contributed by atoms with van der Waals surface area (Å²) in [6, 6.07) is 4.27. The fourth-order valence-corrected chi connectivity index (χ4v) is 2.12. The maximum atomic E-state index is 13.0. The van der Waals surface area contributed by atoms with Crippen molar-refractivity contribution in [3.05, 3.63) is 35.1 Å². The Hall–Kier alpha value is -1.22. The van der Waals surface area contributed by atoms with Gasteiger partial charge in [0.2, 0.25) is 0 Å². The molecule has 3 heteroatoms. The molecule has 0 unspecified atom stereocenters. The van der Waals surface area contributed by atoms with Crippen LogP contribution in [0.2, 0.25) is 0 Å². The Kier molecular flexibility index (Phi) is 4.40. The number of carbonyl (C=O) groups excluding carboxylic acids is 1. The van der Waals surface area contributed by atoms with Gasteiger partial charge in [0, 0.05) is 17.5 Å². The third-order valence-corrected chi connectivity index (χ3v) is 3.66. The molecule has 2 nitrogen and oxygen atoms in total. The van der Waals surface area contributed by atoms with Crippen LogP contribution in [-0.4, -0.2) is 12.3 Å². The summed E-state index contributed by atoms with van der Waals surface area (Å²) >= 11 is 0. The van der Waals surface area contributed by atoms with Gasteiger partial charge < -0.3 is 5.73 Å². The Labute approximate surface area is 102 Å². The molecule has 0 saturated carbocycles. The number of hydrogen-bond donors (Lipinski definition) is 1. The number of rotatable bonds is 5. The second-order valence-electron chi connectivity index (χ2n) is 4.48. The molecule has 1 aromatic rings. The van der Waals surface area contributed by atoms with Crippen molar-refractivity contribution in [1.82, 2.24) is 0 Å². The number of Topliss-reactive ketones (excluding diaryl/α,β-unsaturated/α-hetero) is 1. The van der Waals surface area contributed by atoms with E-state index in [0.29, 0.717) is 30.5 Å². The summed E-state index contributed by atoms with van der Waals surface area (Å²) in [5.41, 5.74) is 6.50. The average Bonchev–Trinajstić information content (AvgIpc) is 2.32. The van der Waals surface area contributed by atoms with Gasteiger partial charge in [-0.15, -0.1) is 0 Å². The molecule has 0 fully saturated rings. The van der Waals surface area contributed by atoms with E-state index in [1.165, 1.54) is 12.1 Å². The Bertz CT molecular complexity index is 402. The summed E-state index contributed by atoms with van der Waals surface area (Å²) in [6.45, 7) is 6.01. The summed E-state index contributed by atoms with van der Waals surface area (Å²) in [6.07, 6.45) is 1.41. The van der Waals surface area contributed by atoms with Crippen LogP contribution in [0.1, 0.15) is 42.6 Å². The number of ketones is 1. The van der Waals surface area contributed by atoms with E-state index < -0.39 is 5.41 Å². The first-order valence-electron chi connectivity index (χ1n) is 6.01. The van der Waals surface area contributed by atoms with Crippen LogP contribution in [0.4, 0.5) is 4.39 Å². The van der Waals surface area contributed by atoms with Crippen LogP contribution in [0.15, 0.2) is 18.2 Å². The van der Waals surface area contributed by atoms with Crippen molar-refractivity contribution in [2.75, 3.05) is 6.54 Å². The zero-order valence-electron chi connectivity index (χ0n) is 10.7. The molecule has 0 bridgehead atoms. The van der Waals surface area contributed by atoms with Gasteiger partial charge in [0.15, 0.2) is 5.78 Å². The third kappa shape index (κ3) is 2.55. The molecular formula is C14H20FNO. The maximum Gasteiger partial charge on any atom is 0.170 e. The highest BCUT2D eigenvalue weighted by atomic mass is 19.1. The number of halogens is 1.